The average Bonchev–Trinajstić information content (AvgIpc) is 3.30. The third kappa shape index (κ3) is 2.41. The minimum atomic E-state index is -1.17. The van der Waals surface area contributed by atoms with Crippen molar-refractivity contribution < 1.29 is 13.6 Å². The quantitative estimate of drug-likeness (QED) is 0.739. The average molecular weight is 349 g/mol. The molecular formula is C16H11ClF2N4O. The topological polar surface area (TPSA) is 59.3 Å². The van der Waals surface area contributed by atoms with Gasteiger partial charge in [-0.25, -0.2) is 18.3 Å². The number of aromatic nitrogens is 3. The summed E-state index contributed by atoms with van der Waals surface area (Å²) in [5.41, 5.74) is 0.300. The van der Waals surface area contributed by atoms with Crippen molar-refractivity contribution in [2.24, 2.45) is 0 Å². The Morgan fingerprint density at radius 3 is 2.83 bits per heavy atom. The fourth-order valence-corrected chi connectivity index (χ4v) is 2.64. The lowest BCUT2D eigenvalue weighted by molar-refractivity contribution is 0.0946. The number of hydrogen-bond acceptors (Lipinski definition) is 3. The predicted molar refractivity (Wildman–Crippen MR) is 83.8 cm³/mol. The predicted octanol–water partition coefficient (Wildman–Crippen LogP) is 3.22. The van der Waals surface area contributed by atoms with Crippen molar-refractivity contribution in [2.75, 3.05) is 0 Å². The summed E-state index contributed by atoms with van der Waals surface area (Å²) in [5, 5.41) is 6.66. The number of amides is 1. The number of halogens is 3. The first-order valence-electron chi connectivity index (χ1n) is 7.34. The van der Waals surface area contributed by atoms with E-state index in [1.165, 1.54) is 22.8 Å². The van der Waals surface area contributed by atoms with E-state index in [1.807, 2.05) is 0 Å². The SMILES string of the molecule is O=C(NC1CC1)c1nn2cccnc2c1-c1ccc(Cl)c(F)c1F. The summed E-state index contributed by atoms with van der Waals surface area (Å²) >= 11 is 5.61. The van der Waals surface area contributed by atoms with Gasteiger partial charge in [0.25, 0.3) is 5.91 Å². The molecule has 4 rings (SSSR count). The molecule has 3 aromatic rings. The molecule has 0 saturated heterocycles. The Balaban J connectivity index is 1.95. The minimum Gasteiger partial charge on any atom is -0.348 e. The molecule has 1 fully saturated rings. The van der Waals surface area contributed by atoms with Crippen molar-refractivity contribution in [1.29, 1.82) is 0 Å². The minimum absolute atomic E-state index is 0.00113. The van der Waals surface area contributed by atoms with Crippen LogP contribution in [-0.4, -0.2) is 26.5 Å². The highest BCUT2D eigenvalue weighted by Gasteiger charge is 2.29. The van der Waals surface area contributed by atoms with Crippen molar-refractivity contribution >= 4 is 23.2 Å². The van der Waals surface area contributed by atoms with Gasteiger partial charge in [0.15, 0.2) is 23.0 Å². The number of fused-ring (bicyclic) bond motifs is 1. The molecule has 1 N–H and O–H groups in total. The Bertz CT molecular complexity index is 968. The molecule has 0 spiro atoms. The van der Waals surface area contributed by atoms with E-state index in [1.54, 1.807) is 12.3 Å². The molecule has 0 aliphatic heterocycles. The number of rotatable bonds is 3. The van der Waals surface area contributed by atoms with E-state index in [-0.39, 0.29) is 33.5 Å². The van der Waals surface area contributed by atoms with Gasteiger partial charge < -0.3 is 5.32 Å². The Kier molecular flexibility index (Phi) is 3.45. The van der Waals surface area contributed by atoms with Crippen LogP contribution in [0, 0.1) is 11.6 Å². The lowest BCUT2D eigenvalue weighted by Crippen LogP contribution is -2.26. The summed E-state index contributed by atoms with van der Waals surface area (Å²) in [6, 6.07) is 4.30. The monoisotopic (exact) mass is 348 g/mol. The number of benzene rings is 1. The van der Waals surface area contributed by atoms with E-state index in [4.69, 9.17) is 11.6 Å². The van der Waals surface area contributed by atoms with Crippen LogP contribution < -0.4 is 5.32 Å². The van der Waals surface area contributed by atoms with Gasteiger partial charge in [0.1, 0.15) is 0 Å². The number of carbonyl (C=O) groups excluding carboxylic acids is 1. The fourth-order valence-electron chi connectivity index (χ4n) is 2.49. The molecular weight excluding hydrogens is 338 g/mol. The van der Waals surface area contributed by atoms with Crippen molar-refractivity contribution in [2.45, 2.75) is 18.9 Å². The second kappa shape index (κ2) is 5.52. The first kappa shape index (κ1) is 15.0. The molecule has 0 radical (unpaired) electrons. The molecule has 1 aliphatic carbocycles. The summed E-state index contributed by atoms with van der Waals surface area (Å²) < 4.78 is 29.7. The summed E-state index contributed by atoms with van der Waals surface area (Å²) in [4.78, 5) is 16.6. The smallest absolute Gasteiger partial charge is 0.272 e. The molecule has 1 amide bonds. The molecule has 24 heavy (non-hydrogen) atoms. The first-order valence-corrected chi connectivity index (χ1v) is 7.72. The number of nitrogens with one attached hydrogen (secondary N) is 1. The van der Waals surface area contributed by atoms with Gasteiger partial charge in [0.05, 0.1) is 10.6 Å². The molecule has 1 aromatic carbocycles. The lowest BCUT2D eigenvalue weighted by atomic mass is 10.0. The van der Waals surface area contributed by atoms with E-state index >= 15 is 0 Å². The summed E-state index contributed by atoms with van der Waals surface area (Å²) in [7, 11) is 0. The lowest BCUT2D eigenvalue weighted by Gasteiger charge is -2.06. The van der Waals surface area contributed by atoms with Gasteiger partial charge in [-0.2, -0.15) is 5.10 Å². The van der Waals surface area contributed by atoms with Gasteiger partial charge in [-0.1, -0.05) is 11.6 Å². The molecule has 8 heteroatoms. The van der Waals surface area contributed by atoms with E-state index in [9.17, 15) is 13.6 Å². The van der Waals surface area contributed by atoms with Gasteiger partial charge in [-0.3, -0.25) is 4.79 Å². The van der Waals surface area contributed by atoms with Crippen LogP contribution in [-0.2, 0) is 0 Å². The second-order valence-electron chi connectivity index (χ2n) is 5.58. The maximum absolute atomic E-state index is 14.4. The molecule has 5 nitrogen and oxygen atoms in total. The first-order chi connectivity index (χ1) is 11.6. The highest BCUT2D eigenvalue weighted by Crippen LogP contribution is 2.33. The van der Waals surface area contributed by atoms with Crippen molar-refractivity contribution in [1.82, 2.24) is 19.9 Å². The van der Waals surface area contributed by atoms with Crippen LogP contribution in [0.25, 0.3) is 16.8 Å². The maximum Gasteiger partial charge on any atom is 0.272 e. The summed E-state index contributed by atoms with van der Waals surface area (Å²) in [5.74, 6) is -2.74. The molecule has 0 unspecified atom stereocenters. The fraction of sp³-hybridized carbons (Fsp3) is 0.188. The number of nitrogens with zero attached hydrogens (tertiary/aromatic N) is 3. The van der Waals surface area contributed by atoms with Gasteiger partial charge in [-0.05, 0) is 31.0 Å². The van der Waals surface area contributed by atoms with Crippen LogP contribution in [0.15, 0.2) is 30.6 Å². The van der Waals surface area contributed by atoms with Crippen molar-refractivity contribution in [3.63, 3.8) is 0 Å². The molecule has 122 valence electrons. The van der Waals surface area contributed by atoms with Crippen LogP contribution in [0.1, 0.15) is 23.3 Å². The zero-order chi connectivity index (χ0) is 16.8. The molecule has 1 aliphatic rings. The van der Waals surface area contributed by atoms with Crippen LogP contribution in [0.5, 0.6) is 0 Å². The van der Waals surface area contributed by atoms with Gasteiger partial charge in [0.2, 0.25) is 0 Å². The van der Waals surface area contributed by atoms with E-state index < -0.39 is 17.5 Å². The van der Waals surface area contributed by atoms with E-state index in [0.29, 0.717) is 0 Å². The zero-order valence-corrected chi connectivity index (χ0v) is 13.0. The molecule has 2 heterocycles. The van der Waals surface area contributed by atoms with Crippen molar-refractivity contribution in [3.8, 4) is 11.1 Å². The molecule has 2 aromatic heterocycles. The Morgan fingerprint density at radius 2 is 2.08 bits per heavy atom. The van der Waals surface area contributed by atoms with Crippen molar-refractivity contribution in [3.05, 3.63) is 52.9 Å². The Morgan fingerprint density at radius 1 is 1.29 bits per heavy atom. The van der Waals surface area contributed by atoms with Crippen LogP contribution in [0.4, 0.5) is 8.78 Å². The number of carbonyl (C=O) groups is 1. The highest BCUT2D eigenvalue weighted by atomic mass is 35.5. The zero-order valence-electron chi connectivity index (χ0n) is 12.3. The Hall–Kier alpha value is -2.54. The van der Waals surface area contributed by atoms with Gasteiger partial charge >= 0.3 is 0 Å². The van der Waals surface area contributed by atoms with E-state index in [0.717, 1.165) is 12.8 Å². The standard InChI is InChI=1S/C16H11ClF2N4O/c17-10-5-4-9(12(18)13(10)19)11-14(16(24)21-8-2-3-8)22-23-7-1-6-20-15(11)23/h1,4-8H,2-3H2,(H,21,24). The van der Waals surface area contributed by atoms with Gasteiger partial charge in [0, 0.05) is 24.0 Å². The number of hydrogen-bond donors (Lipinski definition) is 1. The third-order valence-corrected chi connectivity index (χ3v) is 4.12. The molecule has 1 saturated carbocycles. The normalized spacial score (nSPS) is 14.1. The van der Waals surface area contributed by atoms with E-state index in [2.05, 4.69) is 15.4 Å². The highest BCUT2D eigenvalue weighted by molar-refractivity contribution is 6.30. The molecule has 0 atom stereocenters. The molecule has 0 bridgehead atoms. The van der Waals surface area contributed by atoms with Crippen LogP contribution >= 0.6 is 11.6 Å². The van der Waals surface area contributed by atoms with Gasteiger partial charge in [-0.15, -0.1) is 0 Å². The largest absolute Gasteiger partial charge is 0.348 e. The van der Waals surface area contributed by atoms with Crippen LogP contribution in [0.3, 0.4) is 0 Å². The summed E-state index contributed by atoms with van der Waals surface area (Å²) in [6.45, 7) is 0. The Labute approximate surface area is 140 Å². The summed E-state index contributed by atoms with van der Waals surface area (Å²) in [6.07, 6.45) is 4.88. The second-order valence-corrected chi connectivity index (χ2v) is 5.99. The third-order valence-electron chi connectivity index (χ3n) is 3.83. The van der Waals surface area contributed by atoms with Crippen LogP contribution in [0.2, 0.25) is 5.02 Å². The maximum atomic E-state index is 14.4.